The Morgan fingerprint density at radius 2 is 0.468 bits per heavy atom. The summed E-state index contributed by atoms with van der Waals surface area (Å²) in [5.41, 5.74) is 0. The van der Waals surface area contributed by atoms with Crippen molar-refractivity contribution < 1.29 is 303 Å². The molecular weight excluding hydrogens is 2090 g/mol. The Balaban J connectivity index is 2.63. The summed E-state index contributed by atoms with van der Waals surface area (Å²) in [4.78, 5) is 27.9. The molecule has 18 N–H and O–H groups in total. The number of nitrogens with one attached hydrogen (secondary N) is 2. The maximum atomic E-state index is 14.0. The third-order valence-corrected chi connectivity index (χ3v) is 21.1. The van der Waals surface area contributed by atoms with Crippen LogP contribution in [0, 0.1) is 0 Å². The van der Waals surface area contributed by atoms with Gasteiger partial charge < -0.3 is 29.6 Å². The molecule has 88 heteroatoms. The standard InChI is InChI=1S/C36H68N2O70S16/c39-33(29(105-121(77,78)79)25(101-117(65,66)67)21(19(97-113(53,54)55)15-91-111(47,48)49)95-35-31(107-123(83,84)85)27(103-119(71,72)73)23(99-115(59,60)61)17(93-35)13-89-109(41,42)43)37-11-9-7-5-3-1-2-4-6-8-10-12-38-34(40)30(106-122(80,81)82)26(102-118(68,69)70)22(20(98-114(56,57)58)16-92-112(50,51)52)96-36-32(108-124(86,87)88)28(104-120(74,75)76)24(100-116(62,63)64)18(94-36)14-90-110(44,45)46/h17-32,35-36H,1-16H2,(H,37,39)(H,38,40)(H,41,42,43)(H,44,45,46)(H,47,48,49)(H,50,51,52)(H,53,54,55)(H,56,57,58)(H,59,60,61)(H,62,63,64)(H,65,66,67)(H,68,69,70)(H,71,72,73)(H,74,75,76)(H,77,78,79)(H,80,81,82)(H,83,84,85)(H,86,87,88)/t17-,18-,19-,20-,21-,22-,23+,24+,25+,26+,27+,28+,29-,30+,31-,32-,35+,36+/m0/s1. The lowest BCUT2D eigenvalue weighted by Crippen LogP contribution is -2.65. The largest absolute Gasteiger partial charge is 0.398 e. The molecule has 0 spiro atoms. The summed E-state index contributed by atoms with van der Waals surface area (Å²) in [6.07, 6.45) is -66.3. The van der Waals surface area contributed by atoms with Gasteiger partial charge in [-0.05, 0) is 12.8 Å². The molecule has 2 fully saturated rings. The predicted molar refractivity (Wildman–Crippen MR) is 366 cm³/mol. The molecule has 0 bridgehead atoms. The molecule has 2 aliphatic rings. The second-order valence-corrected chi connectivity index (χ2v) is 40.1. The van der Waals surface area contributed by atoms with E-state index in [-0.39, 0.29) is 64.2 Å². The van der Waals surface area contributed by atoms with Crippen molar-refractivity contribution in [3.63, 3.8) is 0 Å². The number of carbonyl (C=O) groups is 2. The Hall–Kier alpha value is -3.30. The topological polar surface area (TPSA) is 1110 Å². The molecule has 2 aliphatic heterocycles. The molecule has 0 aromatic rings. The summed E-state index contributed by atoms with van der Waals surface area (Å²) in [6, 6.07) is 0. The lowest BCUT2D eigenvalue weighted by atomic mass is 9.98. The van der Waals surface area contributed by atoms with Gasteiger partial charge in [-0.1, -0.05) is 51.4 Å². The lowest BCUT2D eigenvalue weighted by molar-refractivity contribution is -0.312. The minimum atomic E-state index is -6.66. The number of amides is 2. The highest BCUT2D eigenvalue weighted by atomic mass is 32.3. The van der Waals surface area contributed by atoms with Crippen LogP contribution in [0.5, 0.6) is 0 Å². The van der Waals surface area contributed by atoms with Crippen molar-refractivity contribution in [3.8, 4) is 0 Å². The summed E-state index contributed by atoms with van der Waals surface area (Å²) in [6.45, 7) is -11.0. The van der Waals surface area contributed by atoms with E-state index in [4.69, 9.17) is 18.9 Å². The van der Waals surface area contributed by atoms with Crippen molar-refractivity contribution in [2.75, 3.05) is 39.5 Å². The van der Waals surface area contributed by atoms with Crippen molar-refractivity contribution in [1.82, 2.24) is 10.6 Å². The van der Waals surface area contributed by atoms with Crippen LogP contribution in [0.15, 0.2) is 0 Å². The van der Waals surface area contributed by atoms with Crippen LogP contribution in [0.1, 0.15) is 64.2 Å². The van der Waals surface area contributed by atoms with Crippen LogP contribution in [0.3, 0.4) is 0 Å². The third-order valence-electron chi connectivity index (χ3n) is 13.8. The number of carbonyl (C=O) groups excluding carboxylic acids is 2. The minimum Gasteiger partial charge on any atom is -0.354 e. The summed E-state index contributed by atoms with van der Waals surface area (Å²) in [7, 11) is -102. The molecule has 2 heterocycles. The van der Waals surface area contributed by atoms with Gasteiger partial charge in [-0.2, -0.15) is 135 Å². The van der Waals surface area contributed by atoms with E-state index >= 15 is 0 Å². The van der Waals surface area contributed by atoms with Crippen molar-refractivity contribution in [1.29, 1.82) is 0 Å². The average Bonchev–Trinajstić information content (AvgIpc) is 0.765. The Morgan fingerprint density at radius 3 is 0.685 bits per heavy atom. The van der Waals surface area contributed by atoms with E-state index in [1.807, 2.05) is 0 Å². The van der Waals surface area contributed by atoms with Crippen LogP contribution in [0.2, 0.25) is 0 Å². The van der Waals surface area contributed by atoms with E-state index in [9.17, 15) is 217 Å². The Bertz CT molecular complexity index is 5210. The van der Waals surface area contributed by atoms with Crippen molar-refractivity contribution >= 4 is 178 Å². The van der Waals surface area contributed by atoms with Gasteiger partial charge in [0, 0.05) is 13.1 Å². The molecule has 0 aromatic heterocycles. The number of hydrogen-bond donors (Lipinski definition) is 18. The van der Waals surface area contributed by atoms with Gasteiger partial charge in [0.05, 0.1) is 26.4 Å². The summed E-state index contributed by atoms with van der Waals surface area (Å²) < 4.78 is 628. The number of ether oxygens (including phenoxy) is 4. The van der Waals surface area contributed by atoms with Gasteiger partial charge in [0.2, 0.25) is 0 Å². The molecule has 124 heavy (non-hydrogen) atoms. The highest BCUT2D eigenvalue weighted by Gasteiger charge is 2.60. The smallest absolute Gasteiger partial charge is 0.354 e. The van der Waals surface area contributed by atoms with Crippen LogP contribution in [-0.2, 0) is 262 Å². The van der Waals surface area contributed by atoms with E-state index in [1.165, 1.54) is 0 Å². The fourth-order valence-electron chi connectivity index (χ4n) is 9.97. The summed E-state index contributed by atoms with van der Waals surface area (Å²) >= 11 is 0. The summed E-state index contributed by atoms with van der Waals surface area (Å²) in [5.74, 6) is -4.55. The monoisotopic (exact) mass is 2160 g/mol. The van der Waals surface area contributed by atoms with Gasteiger partial charge >= 0.3 is 166 Å². The van der Waals surface area contributed by atoms with Crippen LogP contribution in [0.25, 0.3) is 0 Å². The maximum absolute atomic E-state index is 14.0. The van der Waals surface area contributed by atoms with Crippen LogP contribution in [-0.4, -0.2) is 369 Å². The first-order chi connectivity index (χ1) is 55.3. The molecule has 2 saturated heterocycles. The van der Waals surface area contributed by atoms with Gasteiger partial charge in [-0.3, -0.25) is 82.4 Å². The fraction of sp³-hybridized carbons (Fsp3) is 0.944. The van der Waals surface area contributed by atoms with E-state index in [0.717, 1.165) is 0 Å². The molecule has 2 amide bonds. The van der Waals surface area contributed by atoms with Gasteiger partial charge in [-0.15, -0.1) is 0 Å². The molecular formula is C36H68N2O70S16. The van der Waals surface area contributed by atoms with E-state index in [1.54, 1.807) is 10.6 Å². The van der Waals surface area contributed by atoms with Crippen LogP contribution >= 0.6 is 0 Å². The highest BCUT2D eigenvalue weighted by molar-refractivity contribution is 7.84. The number of hydrogen-bond acceptors (Lipinski definition) is 54. The quantitative estimate of drug-likeness (QED) is 0.0199. The number of unbranched alkanes of at least 4 members (excludes halogenated alkanes) is 9. The minimum absolute atomic E-state index is 0.0777. The van der Waals surface area contributed by atoms with Gasteiger partial charge in [0.15, 0.2) is 37.0 Å². The molecule has 0 aromatic carbocycles. The summed E-state index contributed by atoms with van der Waals surface area (Å²) in [5, 5.41) is 3.53. The van der Waals surface area contributed by atoms with Crippen molar-refractivity contribution in [2.45, 2.75) is 174 Å². The highest BCUT2D eigenvalue weighted by Crippen LogP contribution is 2.38. The normalized spacial score (nSPS) is 23.4. The van der Waals surface area contributed by atoms with Gasteiger partial charge in [0.25, 0.3) is 11.8 Å². The fourth-order valence-corrected chi connectivity index (χ4v) is 17.0. The van der Waals surface area contributed by atoms with E-state index < -0.39 is 328 Å². The van der Waals surface area contributed by atoms with Crippen LogP contribution in [0.4, 0.5) is 0 Å². The predicted octanol–water partition coefficient (Wildman–Crippen LogP) is -11.1. The van der Waals surface area contributed by atoms with Crippen LogP contribution < -0.4 is 10.6 Å². The second-order valence-electron chi connectivity index (χ2n) is 23.2. The third kappa shape index (κ3) is 52.1. The van der Waals surface area contributed by atoms with E-state index in [2.05, 4.69) is 66.9 Å². The molecule has 0 unspecified atom stereocenters. The molecule has 738 valence electrons. The maximum Gasteiger partial charge on any atom is 0.398 e. The molecule has 0 radical (unpaired) electrons. The number of rotatable bonds is 61. The first-order valence-corrected chi connectivity index (χ1v) is 52.6. The zero-order chi connectivity index (χ0) is 96.4. The molecule has 0 saturated carbocycles. The zero-order valence-electron chi connectivity index (χ0n) is 59.4. The Kier molecular flexibility index (Phi) is 43.7. The Labute approximate surface area is 701 Å². The van der Waals surface area contributed by atoms with Crippen molar-refractivity contribution in [3.05, 3.63) is 0 Å². The van der Waals surface area contributed by atoms with E-state index in [0.29, 0.717) is 0 Å². The molecule has 18 atom stereocenters. The first kappa shape index (κ1) is 117. The molecule has 72 nitrogen and oxygen atoms in total. The zero-order valence-corrected chi connectivity index (χ0v) is 72.5. The second kappa shape index (κ2) is 46.4. The molecule has 0 aliphatic carbocycles. The molecule has 2 rings (SSSR count). The van der Waals surface area contributed by atoms with Gasteiger partial charge in [0.1, 0.15) is 73.2 Å². The van der Waals surface area contributed by atoms with Crippen molar-refractivity contribution in [2.24, 2.45) is 0 Å². The first-order valence-electron chi connectivity index (χ1n) is 30.8. The van der Waals surface area contributed by atoms with Gasteiger partial charge in [-0.25, -0.2) is 66.9 Å². The lowest BCUT2D eigenvalue weighted by Gasteiger charge is -2.45. The SMILES string of the molecule is O=C(NCCCCCCCCCCCCNC(=O)[C@H](OS(=O)(=O)O)[C@H](OS(=O)(=O)O)[C@@H](O[C@H]1O[C@@H](COS(=O)(=O)O)[C@@H](OS(=O)(=O)O)[C@@H](OS(=O)(=O)O)[C@@H]1OS(=O)(=O)O)[C@H](COS(=O)(=O)O)OS(=O)(=O)O)[C@@H](OS(=O)(=O)O)[C@H](OS(=O)(=O)O)[C@@H](O[C@H]1O[C@@H](COS(=O)(=O)O)[C@@H](OS(=O)(=O)O)[C@@H](OS(=O)(=O)O)[C@@H]1OS(=O)(=O)O)[C@H](COS(=O)(=O)O)OS(=O)(=O)O. The Morgan fingerprint density at radius 1 is 0.250 bits per heavy atom. The average molecular weight is 2160 g/mol.